The molecule has 1 aliphatic rings. The second kappa shape index (κ2) is 9.67. The van der Waals surface area contributed by atoms with Gasteiger partial charge >= 0.3 is 5.97 Å². The van der Waals surface area contributed by atoms with Gasteiger partial charge in [0, 0.05) is 18.3 Å². The summed E-state index contributed by atoms with van der Waals surface area (Å²) in [5, 5.41) is 19.2. The molecule has 0 saturated carbocycles. The van der Waals surface area contributed by atoms with Crippen LogP contribution >= 0.6 is 0 Å². The number of H-pyrrole nitrogens is 1. The fourth-order valence-electron chi connectivity index (χ4n) is 2.65. The van der Waals surface area contributed by atoms with Crippen LogP contribution in [0.15, 0.2) is 12.5 Å². The first-order valence-corrected chi connectivity index (χ1v) is 8.67. The van der Waals surface area contributed by atoms with E-state index in [0.717, 1.165) is 13.0 Å². The highest BCUT2D eigenvalue weighted by atomic mass is 16.4. The molecule has 0 aliphatic carbocycles. The van der Waals surface area contributed by atoms with Gasteiger partial charge in [-0.1, -0.05) is 0 Å². The van der Waals surface area contributed by atoms with Gasteiger partial charge in [-0.2, -0.15) is 0 Å². The number of nitrogens with one attached hydrogen (secondary N) is 5. The number of carboxylic acids is 1. The van der Waals surface area contributed by atoms with Crippen LogP contribution in [0.4, 0.5) is 0 Å². The highest BCUT2D eigenvalue weighted by molar-refractivity contribution is 5.92. The standard InChI is InChI=1S/C16H24N6O5/c1-9(16(26)27)21-13(23)7-19-14(24)12(5-10-6-17-8-20-10)22-15(25)11-3-2-4-18-11/h6,8-9,11-12,18H,2-5,7H2,1H3,(H,17,20)(H,19,24)(H,21,23)(H,22,25)(H,26,27). The summed E-state index contributed by atoms with van der Waals surface area (Å²) < 4.78 is 0. The van der Waals surface area contributed by atoms with Crippen LogP contribution in [0, 0.1) is 0 Å². The molecule has 3 atom stereocenters. The summed E-state index contributed by atoms with van der Waals surface area (Å²) in [6, 6.07) is -2.31. The number of amides is 3. The summed E-state index contributed by atoms with van der Waals surface area (Å²) in [6.07, 6.45) is 4.77. The van der Waals surface area contributed by atoms with Gasteiger partial charge < -0.3 is 31.4 Å². The first-order valence-electron chi connectivity index (χ1n) is 8.67. The van der Waals surface area contributed by atoms with Crippen molar-refractivity contribution in [2.75, 3.05) is 13.1 Å². The molecule has 27 heavy (non-hydrogen) atoms. The maximum absolute atomic E-state index is 12.5. The van der Waals surface area contributed by atoms with Crippen molar-refractivity contribution in [3.63, 3.8) is 0 Å². The SMILES string of the molecule is CC(NC(=O)CNC(=O)C(Cc1cnc[nH]1)NC(=O)C1CCCN1)C(=O)O. The Morgan fingerprint density at radius 1 is 1.33 bits per heavy atom. The van der Waals surface area contributed by atoms with Crippen molar-refractivity contribution in [1.82, 2.24) is 31.2 Å². The van der Waals surface area contributed by atoms with Crippen molar-refractivity contribution >= 4 is 23.7 Å². The Morgan fingerprint density at radius 3 is 2.70 bits per heavy atom. The van der Waals surface area contributed by atoms with E-state index in [1.165, 1.54) is 13.3 Å². The maximum atomic E-state index is 12.5. The van der Waals surface area contributed by atoms with Crippen LogP contribution in [0.1, 0.15) is 25.5 Å². The lowest BCUT2D eigenvalue weighted by Gasteiger charge is -2.20. The average molecular weight is 380 g/mol. The monoisotopic (exact) mass is 380 g/mol. The van der Waals surface area contributed by atoms with E-state index in [-0.39, 0.29) is 18.4 Å². The molecule has 148 valence electrons. The van der Waals surface area contributed by atoms with E-state index >= 15 is 0 Å². The van der Waals surface area contributed by atoms with Crippen LogP contribution in [0.5, 0.6) is 0 Å². The number of nitrogens with zero attached hydrogens (tertiary/aromatic N) is 1. The van der Waals surface area contributed by atoms with Gasteiger partial charge in [0.25, 0.3) is 0 Å². The normalized spacial score (nSPS) is 18.3. The van der Waals surface area contributed by atoms with Crippen LogP contribution in [-0.4, -0.2) is 70.0 Å². The van der Waals surface area contributed by atoms with Crippen molar-refractivity contribution in [3.8, 4) is 0 Å². The quantitative estimate of drug-likeness (QED) is 0.285. The van der Waals surface area contributed by atoms with Gasteiger partial charge in [-0.05, 0) is 26.3 Å². The molecule has 0 spiro atoms. The van der Waals surface area contributed by atoms with Crippen molar-refractivity contribution < 1.29 is 24.3 Å². The largest absolute Gasteiger partial charge is 0.480 e. The zero-order valence-corrected chi connectivity index (χ0v) is 14.9. The molecular formula is C16H24N6O5. The molecular weight excluding hydrogens is 356 g/mol. The van der Waals surface area contributed by atoms with E-state index in [1.54, 1.807) is 6.20 Å². The van der Waals surface area contributed by atoms with Crippen molar-refractivity contribution in [1.29, 1.82) is 0 Å². The van der Waals surface area contributed by atoms with Crippen LogP contribution < -0.4 is 21.3 Å². The molecule has 11 nitrogen and oxygen atoms in total. The highest BCUT2D eigenvalue weighted by Gasteiger charge is 2.28. The molecule has 2 heterocycles. The Bertz CT molecular complexity index is 671. The number of aromatic nitrogens is 2. The van der Waals surface area contributed by atoms with E-state index in [0.29, 0.717) is 12.1 Å². The zero-order chi connectivity index (χ0) is 19.8. The first-order chi connectivity index (χ1) is 12.9. The number of carbonyl (C=O) groups is 4. The van der Waals surface area contributed by atoms with Crippen LogP contribution in [-0.2, 0) is 25.6 Å². The number of carboxylic acid groups (broad SMARTS) is 1. The summed E-state index contributed by atoms with van der Waals surface area (Å²) in [7, 11) is 0. The molecule has 1 aromatic rings. The van der Waals surface area contributed by atoms with Crippen molar-refractivity contribution in [3.05, 3.63) is 18.2 Å². The summed E-state index contributed by atoms with van der Waals surface area (Å²) in [5.74, 6) is -2.64. The molecule has 0 bridgehead atoms. The Labute approximate surface area is 155 Å². The molecule has 3 amide bonds. The summed E-state index contributed by atoms with van der Waals surface area (Å²) >= 11 is 0. The smallest absolute Gasteiger partial charge is 0.325 e. The summed E-state index contributed by atoms with van der Waals surface area (Å²) in [4.78, 5) is 54.0. The molecule has 0 aromatic carbocycles. The predicted octanol–water partition coefficient (Wildman–Crippen LogP) is -2.11. The van der Waals surface area contributed by atoms with E-state index in [1.807, 2.05) is 0 Å². The third-order valence-corrected chi connectivity index (χ3v) is 4.16. The molecule has 1 fully saturated rings. The molecule has 1 aliphatic heterocycles. The predicted molar refractivity (Wildman–Crippen MR) is 93.5 cm³/mol. The minimum atomic E-state index is -1.18. The third kappa shape index (κ3) is 6.37. The number of aliphatic carboxylic acids is 1. The lowest BCUT2D eigenvalue weighted by atomic mass is 10.1. The van der Waals surface area contributed by atoms with Crippen LogP contribution in [0.25, 0.3) is 0 Å². The van der Waals surface area contributed by atoms with Gasteiger partial charge in [-0.3, -0.25) is 19.2 Å². The van der Waals surface area contributed by atoms with E-state index in [9.17, 15) is 19.2 Å². The number of hydrogen-bond acceptors (Lipinski definition) is 6. The zero-order valence-electron chi connectivity index (χ0n) is 14.9. The van der Waals surface area contributed by atoms with Gasteiger partial charge in [-0.25, -0.2) is 4.98 Å². The molecule has 3 unspecified atom stereocenters. The maximum Gasteiger partial charge on any atom is 0.325 e. The molecule has 6 N–H and O–H groups in total. The number of imidazole rings is 1. The van der Waals surface area contributed by atoms with Crippen LogP contribution in [0.2, 0.25) is 0 Å². The number of rotatable bonds is 9. The number of carbonyl (C=O) groups excluding carboxylic acids is 3. The molecule has 11 heteroatoms. The Hall–Kier alpha value is -2.95. The molecule has 1 aromatic heterocycles. The van der Waals surface area contributed by atoms with E-state index in [2.05, 4.69) is 31.2 Å². The highest BCUT2D eigenvalue weighted by Crippen LogP contribution is 2.06. The fourth-order valence-corrected chi connectivity index (χ4v) is 2.65. The van der Waals surface area contributed by atoms with Gasteiger partial charge in [-0.15, -0.1) is 0 Å². The van der Waals surface area contributed by atoms with E-state index in [4.69, 9.17) is 5.11 Å². The van der Waals surface area contributed by atoms with Gasteiger partial charge in [0.15, 0.2) is 0 Å². The van der Waals surface area contributed by atoms with Gasteiger partial charge in [0.2, 0.25) is 17.7 Å². The fraction of sp³-hybridized carbons (Fsp3) is 0.562. The minimum Gasteiger partial charge on any atom is -0.480 e. The summed E-state index contributed by atoms with van der Waals surface area (Å²) in [6.45, 7) is 1.67. The summed E-state index contributed by atoms with van der Waals surface area (Å²) in [5.41, 5.74) is 0.652. The number of aromatic amines is 1. The first kappa shape index (κ1) is 20.4. The second-order valence-corrected chi connectivity index (χ2v) is 6.34. The minimum absolute atomic E-state index is 0.178. The van der Waals surface area contributed by atoms with Crippen molar-refractivity contribution in [2.45, 2.75) is 44.3 Å². The van der Waals surface area contributed by atoms with E-state index < -0.39 is 36.4 Å². The molecule has 1 saturated heterocycles. The average Bonchev–Trinajstić information content (AvgIpc) is 3.32. The Morgan fingerprint density at radius 2 is 2.11 bits per heavy atom. The Balaban J connectivity index is 1.92. The second-order valence-electron chi connectivity index (χ2n) is 6.34. The molecule has 2 rings (SSSR count). The lowest BCUT2D eigenvalue weighted by molar-refractivity contribution is -0.141. The lowest BCUT2D eigenvalue weighted by Crippen LogP contribution is -2.54. The Kier molecular flexibility index (Phi) is 7.29. The molecule has 0 radical (unpaired) electrons. The van der Waals surface area contributed by atoms with Crippen molar-refractivity contribution in [2.24, 2.45) is 0 Å². The topological polar surface area (TPSA) is 165 Å². The van der Waals surface area contributed by atoms with Crippen LogP contribution in [0.3, 0.4) is 0 Å². The van der Waals surface area contributed by atoms with Gasteiger partial charge in [0.05, 0.1) is 18.9 Å². The third-order valence-electron chi connectivity index (χ3n) is 4.16. The number of hydrogen-bond donors (Lipinski definition) is 6. The van der Waals surface area contributed by atoms with Gasteiger partial charge in [0.1, 0.15) is 12.1 Å².